The Balaban J connectivity index is 2.17. The molecule has 112 valence electrons. The summed E-state index contributed by atoms with van der Waals surface area (Å²) in [6.07, 6.45) is 1.55. The first-order chi connectivity index (χ1) is 9.92. The number of hydrogen-bond acceptors (Lipinski definition) is 5. The fraction of sp³-hybridized carbons (Fsp3) is 0.154. The highest BCUT2D eigenvalue weighted by molar-refractivity contribution is 9.10. The van der Waals surface area contributed by atoms with Crippen LogP contribution >= 0.6 is 15.9 Å². The molecule has 0 atom stereocenters. The van der Waals surface area contributed by atoms with Crippen LogP contribution < -0.4 is 15.2 Å². The second kappa shape index (κ2) is 6.42. The highest BCUT2D eigenvalue weighted by atomic mass is 79.9. The van der Waals surface area contributed by atoms with Gasteiger partial charge in [-0.05, 0) is 29.8 Å². The summed E-state index contributed by atoms with van der Waals surface area (Å²) in [5, 5.41) is 0. The van der Waals surface area contributed by atoms with Crippen molar-refractivity contribution < 1.29 is 13.2 Å². The molecule has 0 aliphatic carbocycles. The number of pyridine rings is 1. The van der Waals surface area contributed by atoms with Gasteiger partial charge >= 0.3 is 0 Å². The van der Waals surface area contributed by atoms with Crippen LogP contribution in [-0.2, 0) is 16.6 Å². The van der Waals surface area contributed by atoms with Gasteiger partial charge < -0.3 is 10.5 Å². The smallest absolute Gasteiger partial charge is 0.242 e. The van der Waals surface area contributed by atoms with E-state index in [1.807, 2.05) is 0 Å². The SMILES string of the molecule is COc1cc(CNS(=O)(=O)c2ccc(Br)cc2N)ccn1. The van der Waals surface area contributed by atoms with E-state index in [0.29, 0.717) is 5.88 Å². The molecule has 0 unspecified atom stereocenters. The van der Waals surface area contributed by atoms with Gasteiger partial charge in [-0.3, -0.25) is 0 Å². The maximum absolute atomic E-state index is 12.2. The molecule has 0 radical (unpaired) electrons. The van der Waals surface area contributed by atoms with Crippen LogP contribution in [0.2, 0.25) is 0 Å². The number of rotatable bonds is 5. The molecular weight excluding hydrogens is 358 g/mol. The van der Waals surface area contributed by atoms with Crippen molar-refractivity contribution in [3.05, 3.63) is 46.6 Å². The van der Waals surface area contributed by atoms with Crippen LogP contribution in [0, 0.1) is 0 Å². The van der Waals surface area contributed by atoms with Gasteiger partial charge in [0.1, 0.15) is 4.90 Å². The van der Waals surface area contributed by atoms with Crippen LogP contribution in [0.1, 0.15) is 5.56 Å². The molecular formula is C13H14BrN3O3S. The molecule has 0 spiro atoms. The predicted octanol–water partition coefficient (Wildman–Crippen LogP) is 1.91. The predicted molar refractivity (Wildman–Crippen MR) is 83.4 cm³/mol. The summed E-state index contributed by atoms with van der Waals surface area (Å²) in [5.41, 5.74) is 6.66. The Hall–Kier alpha value is -1.64. The van der Waals surface area contributed by atoms with E-state index < -0.39 is 10.0 Å². The number of nitrogens with zero attached hydrogens (tertiary/aromatic N) is 1. The molecule has 21 heavy (non-hydrogen) atoms. The van der Waals surface area contributed by atoms with Crippen LogP contribution in [0.5, 0.6) is 5.88 Å². The number of hydrogen-bond donors (Lipinski definition) is 2. The van der Waals surface area contributed by atoms with Crippen LogP contribution in [-0.4, -0.2) is 20.5 Å². The molecule has 2 aromatic rings. The zero-order valence-corrected chi connectivity index (χ0v) is 13.6. The normalized spacial score (nSPS) is 11.3. The second-order valence-electron chi connectivity index (χ2n) is 4.21. The number of sulfonamides is 1. The lowest BCUT2D eigenvalue weighted by molar-refractivity contribution is 0.397. The van der Waals surface area contributed by atoms with E-state index in [1.54, 1.807) is 30.5 Å². The van der Waals surface area contributed by atoms with Crippen molar-refractivity contribution in [2.75, 3.05) is 12.8 Å². The van der Waals surface area contributed by atoms with Gasteiger partial charge in [0, 0.05) is 23.3 Å². The van der Waals surface area contributed by atoms with Gasteiger partial charge in [-0.25, -0.2) is 18.1 Å². The summed E-state index contributed by atoms with van der Waals surface area (Å²) in [6.45, 7) is 0.122. The lowest BCUT2D eigenvalue weighted by Crippen LogP contribution is -2.24. The molecule has 0 aliphatic heterocycles. The largest absolute Gasteiger partial charge is 0.481 e. The second-order valence-corrected chi connectivity index (χ2v) is 6.86. The fourth-order valence-electron chi connectivity index (χ4n) is 1.69. The number of nitrogens with two attached hydrogens (primary N) is 1. The minimum absolute atomic E-state index is 0.0479. The average Bonchev–Trinajstić information content (AvgIpc) is 2.45. The van der Waals surface area contributed by atoms with Crippen molar-refractivity contribution in [2.45, 2.75) is 11.4 Å². The van der Waals surface area contributed by atoms with Crippen molar-refractivity contribution >= 4 is 31.6 Å². The summed E-state index contributed by atoms with van der Waals surface area (Å²) >= 11 is 3.24. The van der Waals surface area contributed by atoms with Crippen LogP contribution in [0.4, 0.5) is 5.69 Å². The summed E-state index contributed by atoms with van der Waals surface area (Å²) in [6, 6.07) is 7.99. The molecule has 2 rings (SSSR count). The zero-order valence-electron chi connectivity index (χ0n) is 11.2. The van der Waals surface area contributed by atoms with E-state index in [4.69, 9.17) is 10.5 Å². The van der Waals surface area contributed by atoms with E-state index in [-0.39, 0.29) is 17.1 Å². The van der Waals surface area contributed by atoms with Crippen LogP contribution in [0.3, 0.4) is 0 Å². The third kappa shape index (κ3) is 3.93. The quantitative estimate of drug-likeness (QED) is 0.782. The topological polar surface area (TPSA) is 94.3 Å². The maximum atomic E-state index is 12.2. The number of halogens is 1. The van der Waals surface area contributed by atoms with E-state index in [1.165, 1.54) is 13.2 Å². The average molecular weight is 372 g/mol. The minimum Gasteiger partial charge on any atom is -0.481 e. The fourth-order valence-corrected chi connectivity index (χ4v) is 3.20. The van der Waals surface area contributed by atoms with E-state index in [0.717, 1.165) is 10.0 Å². The molecule has 0 amide bonds. The van der Waals surface area contributed by atoms with Gasteiger partial charge in [0.25, 0.3) is 0 Å². The van der Waals surface area contributed by atoms with Gasteiger partial charge in [0.2, 0.25) is 15.9 Å². The molecule has 0 saturated carbocycles. The summed E-state index contributed by atoms with van der Waals surface area (Å²) in [4.78, 5) is 4.01. The molecule has 0 fully saturated rings. The molecule has 0 aliphatic rings. The third-order valence-electron chi connectivity index (χ3n) is 2.74. The monoisotopic (exact) mass is 371 g/mol. The van der Waals surface area contributed by atoms with Crippen molar-refractivity contribution in [1.29, 1.82) is 0 Å². The number of aromatic nitrogens is 1. The highest BCUT2D eigenvalue weighted by Gasteiger charge is 2.17. The Kier molecular flexibility index (Phi) is 4.81. The molecule has 3 N–H and O–H groups in total. The van der Waals surface area contributed by atoms with E-state index in [9.17, 15) is 8.42 Å². The van der Waals surface area contributed by atoms with Crippen molar-refractivity contribution in [3.8, 4) is 5.88 Å². The van der Waals surface area contributed by atoms with Crippen molar-refractivity contribution in [2.24, 2.45) is 0 Å². The standard InChI is InChI=1S/C13H14BrN3O3S/c1-20-13-6-9(4-5-16-13)8-17-21(18,19)12-3-2-10(14)7-11(12)15/h2-7,17H,8,15H2,1H3. The minimum atomic E-state index is -3.68. The van der Waals surface area contributed by atoms with E-state index >= 15 is 0 Å². The van der Waals surface area contributed by atoms with Crippen LogP contribution in [0.25, 0.3) is 0 Å². The molecule has 6 nitrogen and oxygen atoms in total. The summed E-state index contributed by atoms with van der Waals surface area (Å²) < 4.78 is 32.7. The molecule has 0 saturated heterocycles. The summed E-state index contributed by atoms with van der Waals surface area (Å²) in [7, 11) is -2.18. The van der Waals surface area contributed by atoms with Gasteiger partial charge in [0.15, 0.2) is 0 Å². The number of methoxy groups -OCH3 is 1. The third-order valence-corrected chi connectivity index (χ3v) is 4.70. The number of nitrogen functional groups attached to an aromatic ring is 1. The Morgan fingerprint density at radius 1 is 1.33 bits per heavy atom. The Morgan fingerprint density at radius 3 is 2.76 bits per heavy atom. The molecule has 8 heteroatoms. The van der Waals surface area contributed by atoms with Crippen molar-refractivity contribution in [3.63, 3.8) is 0 Å². The number of ether oxygens (including phenoxy) is 1. The first kappa shape index (κ1) is 15.7. The van der Waals surface area contributed by atoms with E-state index in [2.05, 4.69) is 25.6 Å². The van der Waals surface area contributed by atoms with Gasteiger partial charge in [0.05, 0.1) is 12.8 Å². The van der Waals surface area contributed by atoms with Gasteiger partial charge in [-0.2, -0.15) is 0 Å². The zero-order chi connectivity index (χ0) is 15.5. The lowest BCUT2D eigenvalue weighted by Gasteiger charge is -2.10. The number of anilines is 1. The highest BCUT2D eigenvalue weighted by Crippen LogP contribution is 2.22. The number of nitrogens with one attached hydrogen (secondary N) is 1. The van der Waals surface area contributed by atoms with Crippen LogP contribution in [0.15, 0.2) is 45.9 Å². The molecule has 1 aromatic heterocycles. The maximum Gasteiger partial charge on any atom is 0.242 e. The van der Waals surface area contributed by atoms with Crippen molar-refractivity contribution in [1.82, 2.24) is 9.71 Å². The Labute approximate surface area is 131 Å². The number of benzene rings is 1. The van der Waals surface area contributed by atoms with Gasteiger partial charge in [-0.15, -0.1) is 0 Å². The molecule has 1 heterocycles. The molecule has 0 bridgehead atoms. The van der Waals surface area contributed by atoms with Gasteiger partial charge in [-0.1, -0.05) is 15.9 Å². The first-order valence-electron chi connectivity index (χ1n) is 5.96. The Morgan fingerprint density at radius 2 is 2.10 bits per heavy atom. The molecule has 1 aromatic carbocycles. The summed E-state index contributed by atoms with van der Waals surface area (Å²) in [5.74, 6) is 0.426. The lowest BCUT2D eigenvalue weighted by atomic mass is 10.3. The first-order valence-corrected chi connectivity index (χ1v) is 8.23. The Bertz CT molecular complexity index is 750.